The summed E-state index contributed by atoms with van der Waals surface area (Å²) in [5.41, 5.74) is 2.49. The largest absolute Gasteiger partial charge is 0.389 e. The zero-order chi connectivity index (χ0) is 15.4. The highest BCUT2D eigenvalue weighted by molar-refractivity contribution is 7.15. The molecular weight excluding hydrogens is 286 g/mol. The van der Waals surface area contributed by atoms with Gasteiger partial charge in [-0.1, -0.05) is 19.1 Å². The molecule has 0 fully saturated rings. The number of urea groups is 1. The van der Waals surface area contributed by atoms with E-state index in [9.17, 15) is 9.90 Å². The highest BCUT2D eigenvalue weighted by Gasteiger charge is 2.09. The summed E-state index contributed by atoms with van der Waals surface area (Å²) >= 11 is 1.47. The van der Waals surface area contributed by atoms with Crippen LogP contribution in [-0.4, -0.2) is 16.1 Å². The van der Waals surface area contributed by atoms with Crippen molar-refractivity contribution in [1.29, 1.82) is 0 Å². The van der Waals surface area contributed by atoms with Crippen LogP contribution in [0.4, 0.5) is 15.6 Å². The molecule has 0 aliphatic rings. The Morgan fingerprint density at radius 1 is 1.33 bits per heavy atom. The quantitative estimate of drug-likeness (QED) is 0.806. The Morgan fingerprint density at radius 2 is 2.00 bits per heavy atom. The highest BCUT2D eigenvalue weighted by Crippen LogP contribution is 2.22. The summed E-state index contributed by atoms with van der Waals surface area (Å²) in [6.45, 7) is 5.73. The van der Waals surface area contributed by atoms with Gasteiger partial charge in [0.1, 0.15) is 0 Å². The lowest BCUT2D eigenvalue weighted by atomic mass is 10.1. The van der Waals surface area contributed by atoms with Gasteiger partial charge in [-0.05, 0) is 38.0 Å². The Balaban J connectivity index is 1.97. The number of thiazole rings is 1. The second kappa shape index (κ2) is 6.69. The van der Waals surface area contributed by atoms with E-state index in [0.717, 1.165) is 22.6 Å². The van der Waals surface area contributed by atoms with E-state index < -0.39 is 6.10 Å². The standard InChI is InChI=1S/C15H19N3O2S/c1-4-13-10(3)21-15(17-13)18-14(20)16-12-7-5-11(6-8-12)9(2)19/h5-9,19H,4H2,1-3H3,(H2,16,17,18,20). The van der Waals surface area contributed by atoms with Crippen LogP contribution in [0, 0.1) is 6.92 Å². The molecule has 0 bridgehead atoms. The number of carbonyl (C=O) groups is 1. The Labute approximate surface area is 128 Å². The van der Waals surface area contributed by atoms with E-state index in [2.05, 4.69) is 15.6 Å². The Hall–Kier alpha value is -1.92. The van der Waals surface area contributed by atoms with Gasteiger partial charge in [-0.3, -0.25) is 5.32 Å². The first-order chi connectivity index (χ1) is 9.99. The minimum atomic E-state index is -0.515. The molecule has 1 aromatic heterocycles. The summed E-state index contributed by atoms with van der Waals surface area (Å²) in [6, 6.07) is 6.75. The molecule has 0 aliphatic heterocycles. The average Bonchev–Trinajstić information content (AvgIpc) is 2.79. The van der Waals surface area contributed by atoms with Gasteiger partial charge in [0.05, 0.1) is 11.8 Å². The Bertz CT molecular complexity index is 620. The first-order valence-electron chi connectivity index (χ1n) is 6.82. The molecular formula is C15H19N3O2S. The van der Waals surface area contributed by atoms with Crippen molar-refractivity contribution in [3.63, 3.8) is 0 Å². The zero-order valence-corrected chi connectivity index (χ0v) is 13.1. The van der Waals surface area contributed by atoms with Gasteiger partial charge in [0.15, 0.2) is 5.13 Å². The number of anilines is 2. The fraction of sp³-hybridized carbons (Fsp3) is 0.333. The van der Waals surface area contributed by atoms with Crippen molar-refractivity contribution in [2.45, 2.75) is 33.3 Å². The number of nitrogens with zero attached hydrogens (tertiary/aromatic N) is 1. The molecule has 21 heavy (non-hydrogen) atoms. The van der Waals surface area contributed by atoms with Crippen molar-refractivity contribution < 1.29 is 9.90 Å². The Morgan fingerprint density at radius 3 is 2.52 bits per heavy atom. The number of benzene rings is 1. The minimum Gasteiger partial charge on any atom is -0.389 e. The van der Waals surface area contributed by atoms with Crippen molar-refractivity contribution in [3.8, 4) is 0 Å². The first-order valence-corrected chi connectivity index (χ1v) is 7.63. The van der Waals surface area contributed by atoms with Crippen LogP contribution in [0.2, 0.25) is 0 Å². The van der Waals surface area contributed by atoms with Crippen LogP contribution in [0.3, 0.4) is 0 Å². The molecule has 0 saturated carbocycles. The molecule has 1 unspecified atom stereocenters. The number of aryl methyl sites for hydroxylation is 2. The lowest BCUT2D eigenvalue weighted by Gasteiger charge is -2.08. The lowest BCUT2D eigenvalue weighted by Crippen LogP contribution is -2.19. The third kappa shape index (κ3) is 4.03. The van der Waals surface area contributed by atoms with E-state index in [1.54, 1.807) is 31.2 Å². The first kappa shape index (κ1) is 15.5. The van der Waals surface area contributed by atoms with Crippen LogP contribution in [-0.2, 0) is 6.42 Å². The molecule has 1 heterocycles. The third-order valence-electron chi connectivity index (χ3n) is 3.10. The van der Waals surface area contributed by atoms with Gasteiger partial charge < -0.3 is 10.4 Å². The Kier molecular flexibility index (Phi) is 4.93. The second-order valence-electron chi connectivity index (χ2n) is 4.75. The third-order valence-corrected chi connectivity index (χ3v) is 4.03. The number of rotatable bonds is 4. The number of amides is 2. The fourth-order valence-electron chi connectivity index (χ4n) is 1.91. The molecule has 3 N–H and O–H groups in total. The second-order valence-corrected chi connectivity index (χ2v) is 5.96. The molecule has 112 valence electrons. The van der Waals surface area contributed by atoms with Gasteiger partial charge >= 0.3 is 6.03 Å². The molecule has 0 spiro atoms. The summed E-state index contributed by atoms with van der Waals surface area (Å²) in [4.78, 5) is 17.4. The molecule has 0 radical (unpaired) electrons. The SMILES string of the molecule is CCc1nc(NC(=O)Nc2ccc(C(C)O)cc2)sc1C. The van der Waals surface area contributed by atoms with Crippen molar-refractivity contribution in [2.24, 2.45) is 0 Å². The van der Waals surface area contributed by atoms with E-state index in [1.807, 2.05) is 13.8 Å². The molecule has 0 saturated heterocycles. The highest BCUT2D eigenvalue weighted by atomic mass is 32.1. The summed E-state index contributed by atoms with van der Waals surface area (Å²) in [6.07, 6.45) is 0.338. The summed E-state index contributed by atoms with van der Waals surface area (Å²) in [5.74, 6) is 0. The van der Waals surface area contributed by atoms with Gasteiger partial charge in [0.2, 0.25) is 0 Å². The van der Waals surface area contributed by atoms with Gasteiger partial charge in [-0.15, -0.1) is 11.3 Å². The fourth-order valence-corrected chi connectivity index (χ4v) is 2.81. The van der Waals surface area contributed by atoms with Gasteiger partial charge in [0.25, 0.3) is 0 Å². The number of aliphatic hydroxyl groups excluding tert-OH is 1. The van der Waals surface area contributed by atoms with Crippen molar-refractivity contribution >= 4 is 28.2 Å². The van der Waals surface area contributed by atoms with Crippen molar-refractivity contribution in [2.75, 3.05) is 10.6 Å². The smallest absolute Gasteiger partial charge is 0.325 e. The summed E-state index contributed by atoms with van der Waals surface area (Å²) in [7, 11) is 0. The monoisotopic (exact) mass is 305 g/mol. The maximum Gasteiger partial charge on any atom is 0.325 e. The van der Waals surface area contributed by atoms with Crippen molar-refractivity contribution in [1.82, 2.24) is 4.98 Å². The van der Waals surface area contributed by atoms with Crippen LogP contribution in [0.5, 0.6) is 0 Å². The number of hydrogen-bond acceptors (Lipinski definition) is 4. The normalized spacial score (nSPS) is 12.0. The number of aromatic nitrogens is 1. The molecule has 1 aromatic carbocycles. The van der Waals surface area contributed by atoms with E-state index in [4.69, 9.17) is 0 Å². The molecule has 2 amide bonds. The number of nitrogens with one attached hydrogen (secondary N) is 2. The van der Waals surface area contributed by atoms with E-state index in [1.165, 1.54) is 11.3 Å². The molecule has 1 atom stereocenters. The predicted molar refractivity (Wildman–Crippen MR) is 85.9 cm³/mol. The molecule has 5 nitrogen and oxygen atoms in total. The van der Waals surface area contributed by atoms with E-state index in [-0.39, 0.29) is 6.03 Å². The van der Waals surface area contributed by atoms with Crippen LogP contribution in [0.1, 0.15) is 36.1 Å². The van der Waals surface area contributed by atoms with Crippen LogP contribution in [0.25, 0.3) is 0 Å². The van der Waals surface area contributed by atoms with Crippen LogP contribution >= 0.6 is 11.3 Å². The molecule has 0 aliphatic carbocycles. The van der Waals surface area contributed by atoms with Gasteiger partial charge in [-0.2, -0.15) is 0 Å². The molecule has 6 heteroatoms. The number of carbonyl (C=O) groups excluding carboxylic acids is 1. The van der Waals surface area contributed by atoms with E-state index >= 15 is 0 Å². The maximum absolute atomic E-state index is 11.9. The minimum absolute atomic E-state index is 0.323. The van der Waals surface area contributed by atoms with Gasteiger partial charge in [0, 0.05) is 10.6 Å². The maximum atomic E-state index is 11.9. The molecule has 2 rings (SSSR count). The number of aliphatic hydroxyl groups is 1. The lowest BCUT2D eigenvalue weighted by molar-refractivity contribution is 0.199. The average molecular weight is 305 g/mol. The van der Waals surface area contributed by atoms with Crippen LogP contribution < -0.4 is 10.6 Å². The summed E-state index contributed by atoms with van der Waals surface area (Å²) < 4.78 is 0. The zero-order valence-electron chi connectivity index (χ0n) is 12.3. The molecule has 2 aromatic rings. The van der Waals surface area contributed by atoms with Crippen molar-refractivity contribution in [3.05, 3.63) is 40.4 Å². The number of hydrogen-bond donors (Lipinski definition) is 3. The summed E-state index contributed by atoms with van der Waals surface area (Å²) in [5, 5.41) is 15.5. The topological polar surface area (TPSA) is 74.2 Å². The van der Waals surface area contributed by atoms with E-state index in [0.29, 0.717) is 10.8 Å². The van der Waals surface area contributed by atoms with Crippen LogP contribution in [0.15, 0.2) is 24.3 Å². The van der Waals surface area contributed by atoms with Gasteiger partial charge in [-0.25, -0.2) is 9.78 Å². The predicted octanol–water partition coefficient (Wildman–Crippen LogP) is 3.71.